The third-order valence-electron chi connectivity index (χ3n) is 2.26. The topological polar surface area (TPSA) is 87.0 Å². The van der Waals surface area contributed by atoms with Crippen LogP contribution in [0.3, 0.4) is 0 Å². The van der Waals surface area contributed by atoms with Gasteiger partial charge in [-0.1, -0.05) is 15.9 Å². The second kappa shape index (κ2) is 9.07. The highest BCUT2D eigenvalue weighted by atomic mass is 79.9. The fraction of sp³-hybridized carbons (Fsp3) is 0.308. The van der Waals surface area contributed by atoms with E-state index in [0.717, 1.165) is 4.47 Å². The van der Waals surface area contributed by atoms with Crippen LogP contribution in [0.15, 0.2) is 34.6 Å². The van der Waals surface area contributed by atoms with E-state index in [1.807, 2.05) is 6.07 Å². The molecule has 0 fully saturated rings. The zero-order chi connectivity index (χ0) is 14.8. The minimum atomic E-state index is -0.425. The van der Waals surface area contributed by atoms with Gasteiger partial charge in [-0.3, -0.25) is 4.79 Å². The molecule has 6 nitrogen and oxygen atoms in total. The van der Waals surface area contributed by atoms with Crippen molar-refractivity contribution in [3.63, 3.8) is 0 Å². The van der Waals surface area contributed by atoms with Crippen LogP contribution in [-0.2, 0) is 9.53 Å². The van der Waals surface area contributed by atoms with Gasteiger partial charge in [0.05, 0.1) is 0 Å². The van der Waals surface area contributed by atoms with Gasteiger partial charge in [0.2, 0.25) is 0 Å². The summed E-state index contributed by atoms with van der Waals surface area (Å²) in [6.07, 6.45) is 3.64. The Morgan fingerprint density at radius 1 is 1.65 bits per heavy atom. The van der Waals surface area contributed by atoms with Gasteiger partial charge in [0, 0.05) is 37.1 Å². The van der Waals surface area contributed by atoms with Crippen LogP contribution < -0.4 is 10.6 Å². The predicted molar refractivity (Wildman–Crippen MR) is 78.8 cm³/mol. The molecular formula is C13H15BrN4O2. The number of hydrogen-bond donors (Lipinski definition) is 2. The van der Waals surface area contributed by atoms with E-state index in [1.165, 1.54) is 6.20 Å². The molecule has 1 amide bonds. The number of rotatable bonds is 7. The Morgan fingerprint density at radius 2 is 2.45 bits per heavy atom. The van der Waals surface area contributed by atoms with Gasteiger partial charge in [0.25, 0.3) is 5.91 Å². The number of carbonyl (C=O) groups excluding carboxylic acids is 1. The molecular weight excluding hydrogens is 324 g/mol. The largest absolute Gasteiger partial charge is 0.385 e. The second-order valence-electron chi connectivity index (χ2n) is 3.78. The fourth-order valence-electron chi connectivity index (χ4n) is 1.29. The van der Waals surface area contributed by atoms with Crippen LogP contribution in [0.25, 0.3) is 0 Å². The summed E-state index contributed by atoms with van der Waals surface area (Å²) in [4.78, 5) is 15.8. The first-order valence-electron chi connectivity index (χ1n) is 5.93. The van der Waals surface area contributed by atoms with Crippen molar-refractivity contribution >= 4 is 27.7 Å². The van der Waals surface area contributed by atoms with Crippen LogP contribution in [0.4, 0.5) is 5.82 Å². The lowest BCUT2D eigenvalue weighted by Gasteiger charge is -2.04. The maximum Gasteiger partial charge on any atom is 0.263 e. The Morgan fingerprint density at radius 3 is 3.10 bits per heavy atom. The molecule has 0 aromatic carbocycles. The molecule has 0 saturated carbocycles. The van der Waals surface area contributed by atoms with Gasteiger partial charge in [-0.15, -0.1) is 0 Å². The molecule has 7 heteroatoms. The number of nitrogens with one attached hydrogen (secondary N) is 2. The van der Waals surface area contributed by atoms with Crippen molar-refractivity contribution in [2.45, 2.75) is 6.42 Å². The smallest absolute Gasteiger partial charge is 0.263 e. The van der Waals surface area contributed by atoms with E-state index in [4.69, 9.17) is 10.00 Å². The summed E-state index contributed by atoms with van der Waals surface area (Å²) in [7, 11) is 1.59. The molecule has 2 N–H and O–H groups in total. The second-order valence-corrected chi connectivity index (χ2v) is 4.69. The van der Waals surface area contributed by atoms with E-state index in [0.29, 0.717) is 25.4 Å². The number of ether oxygens (including phenoxy) is 1. The predicted octanol–water partition coefficient (Wildman–Crippen LogP) is 1.82. The van der Waals surface area contributed by atoms with Crippen LogP contribution in [0, 0.1) is 11.3 Å². The number of aromatic nitrogens is 1. The number of halogens is 1. The minimum Gasteiger partial charge on any atom is -0.385 e. The first-order valence-corrected chi connectivity index (χ1v) is 6.72. The number of anilines is 1. The summed E-state index contributed by atoms with van der Waals surface area (Å²) >= 11 is 3.31. The number of pyridine rings is 1. The number of hydrogen-bond acceptors (Lipinski definition) is 5. The SMILES string of the molecule is COCCCNC(=O)/C(C#N)=C\Nc1cc(Br)ccn1. The zero-order valence-electron chi connectivity index (χ0n) is 11.0. The van der Waals surface area contributed by atoms with Crippen molar-refractivity contribution in [3.8, 4) is 6.07 Å². The molecule has 0 saturated heterocycles. The van der Waals surface area contributed by atoms with E-state index < -0.39 is 5.91 Å². The van der Waals surface area contributed by atoms with E-state index >= 15 is 0 Å². The van der Waals surface area contributed by atoms with Gasteiger partial charge >= 0.3 is 0 Å². The molecule has 0 bridgehead atoms. The molecule has 1 aromatic heterocycles. The molecule has 0 aliphatic rings. The normalized spacial score (nSPS) is 10.8. The highest BCUT2D eigenvalue weighted by molar-refractivity contribution is 9.10. The van der Waals surface area contributed by atoms with Crippen molar-refractivity contribution in [3.05, 3.63) is 34.6 Å². The van der Waals surface area contributed by atoms with Crippen LogP contribution in [0.1, 0.15) is 6.42 Å². The van der Waals surface area contributed by atoms with Gasteiger partial charge in [0.15, 0.2) is 0 Å². The lowest BCUT2D eigenvalue weighted by Crippen LogP contribution is -2.26. The molecule has 0 atom stereocenters. The third kappa shape index (κ3) is 5.82. The molecule has 1 aromatic rings. The van der Waals surface area contributed by atoms with Crippen LogP contribution >= 0.6 is 15.9 Å². The lowest BCUT2D eigenvalue weighted by atomic mass is 10.3. The van der Waals surface area contributed by atoms with Crippen LogP contribution in [0.5, 0.6) is 0 Å². The maximum absolute atomic E-state index is 11.7. The Kier molecular flexibility index (Phi) is 7.32. The summed E-state index contributed by atoms with van der Waals surface area (Å²) in [5.41, 5.74) is -0.0100. The summed E-state index contributed by atoms with van der Waals surface area (Å²) in [6.45, 7) is 1.02. The molecule has 0 spiro atoms. The van der Waals surface area contributed by atoms with E-state index in [1.54, 1.807) is 25.4 Å². The monoisotopic (exact) mass is 338 g/mol. The number of nitrogens with zero attached hydrogens (tertiary/aromatic N) is 2. The summed E-state index contributed by atoms with van der Waals surface area (Å²) in [5.74, 6) is 0.116. The van der Waals surface area contributed by atoms with Crippen molar-refractivity contribution in [2.24, 2.45) is 0 Å². The average molecular weight is 339 g/mol. The Bertz CT molecular complexity index is 525. The zero-order valence-corrected chi connectivity index (χ0v) is 12.6. The quantitative estimate of drug-likeness (QED) is 0.449. The molecule has 0 aliphatic heterocycles. The minimum absolute atomic E-state index is 0.0100. The van der Waals surface area contributed by atoms with E-state index in [9.17, 15) is 4.79 Å². The van der Waals surface area contributed by atoms with Crippen molar-refractivity contribution < 1.29 is 9.53 Å². The van der Waals surface area contributed by atoms with Gasteiger partial charge in [-0.25, -0.2) is 4.98 Å². The van der Waals surface area contributed by atoms with Gasteiger partial charge < -0.3 is 15.4 Å². The fourth-order valence-corrected chi connectivity index (χ4v) is 1.63. The number of carbonyl (C=O) groups is 1. The molecule has 0 aliphatic carbocycles. The van der Waals surface area contributed by atoms with Crippen molar-refractivity contribution in [1.82, 2.24) is 10.3 Å². The maximum atomic E-state index is 11.7. The first kappa shape index (κ1) is 16.1. The Labute approximate surface area is 126 Å². The van der Waals surface area contributed by atoms with E-state index in [2.05, 4.69) is 31.5 Å². The number of amides is 1. The first-order chi connectivity index (χ1) is 9.67. The summed E-state index contributed by atoms with van der Waals surface area (Å²) in [5, 5.41) is 14.4. The molecule has 20 heavy (non-hydrogen) atoms. The standard InChI is InChI=1S/C13H15BrN4O2/c1-20-6-2-4-17-13(19)10(8-15)9-18-12-7-11(14)3-5-16-12/h3,5,7,9H,2,4,6H2,1H3,(H,16,18)(H,17,19)/b10-9-. The van der Waals surface area contributed by atoms with Crippen LogP contribution in [0.2, 0.25) is 0 Å². The Balaban J connectivity index is 2.54. The van der Waals surface area contributed by atoms with Gasteiger partial charge in [-0.2, -0.15) is 5.26 Å². The molecule has 1 rings (SSSR count). The summed E-state index contributed by atoms with van der Waals surface area (Å²) < 4.78 is 5.72. The lowest BCUT2D eigenvalue weighted by molar-refractivity contribution is -0.117. The van der Waals surface area contributed by atoms with Crippen LogP contribution in [-0.4, -0.2) is 31.2 Å². The highest BCUT2D eigenvalue weighted by Crippen LogP contribution is 2.12. The molecule has 1 heterocycles. The van der Waals surface area contributed by atoms with Crippen molar-refractivity contribution in [1.29, 1.82) is 5.26 Å². The van der Waals surface area contributed by atoms with E-state index in [-0.39, 0.29) is 5.57 Å². The number of methoxy groups -OCH3 is 1. The average Bonchev–Trinajstić information content (AvgIpc) is 2.44. The molecule has 0 unspecified atom stereocenters. The highest BCUT2D eigenvalue weighted by Gasteiger charge is 2.07. The number of nitriles is 1. The third-order valence-corrected chi connectivity index (χ3v) is 2.76. The Hall–Kier alpha value is -1.91. The molecule has 0 radical (unpaired) electrons. The summed E-state index contributed by atoms with van der Waals surface area (Å²) in [6, 6.07) is 5.36. The van der Waals surface area contributed by atoms with Gasteiger partial charge in [0.1, 0.15) is 17.5 Å². The van der Waals surface area contributed by atoms with Crippen molar-refractivity contribution in [2.75, 3.05) is 25.6 Å². The van der Waals surface area contributed by atoms with Gasteiger partial charge in [-0.05, 0) is 18.6 Å². The molecule has 106 valence electrons.